The first-order valence-corrected chi connectivity index (χ1v) is 4.39. The molecule has 6 heteroatoms. The molecule has 0 heterocycles. The molecule has 78 valence electrons. The van der Waals surface area contributed by atoms with Crippen LogP contribution in [0.3, 0.4) is 0 Å². The van der Waals surface area contributed by atoms with Crippen LogP contribution < -0.4 is 5.32 Å². The van der Waals surface area contributed by atoms with Gasteiger partial charge in [-0.1, -0.05) is 12.0 Å². The fourth-order valence-corrected chi connectivity index (χ4v) is 1.05. The number of methoxy groups -OCH3 is 1. The number of azide groups is 1. The second kappa shape index (κ2) is 8.32. The van der Waals surface area contributed by atoms with Crippen molar-refractivity contribution in [2.75, 3.05) is 26.8 Å². The molecule has 0 aliphatic heterocycles. The summed E-state index contributed by atoms with van der Waals surface area (Å²) < 4.78 is 4.94. The predicted octanol–water partition coefficient (Wildman–Crippen LogP) is 1.06. The molecular formula is C8H15N5O. The SMILES string of the molecule is COCC(C)C(C#N)NCCN=[N+]=[N-]. The number of nitriles is 1. The van der Waals surface area contributed by atoms with E-state index in [4.69, 9.17) is 15.5 Å². The third-order valence-electron chi connectivity index (χ3n) is 1.78. The van der Waals surface area contributed by atoms with Crippen molar-refractivity contribution in [2.24, 2.45) is 11.0 Å². The van der Waals surface area contributed by atoms with E-state index in [1.165, 1.54) is 0 Å². The summed E-state index contributed by atoms with van der Waals surface area (Å²) in [5, 5.41) is 15.2. The Morgan fingerprint density at radius 1 is 1.71 bits per heavy atom. The van der Waals surface area contributed by atoms with E-state index in [9.17, 15) is 0 Å². The third-order valence-corrected chi connectivity index (χ3v) is 1.78. The quantitative estimate of drug-likeness (QED) is 0.286. The fourth-order valence-electron chi connectivity index (χ4n) is 1.05. The van der Waals surface area contributed by atoms with Gasteiger partial charge in [0.2, 0.25) is 0 Å². The Morgan fingerprint density at radius 2 is 2.43 bits per heavy atom. The standard InChI is InChI=1S/C8H15N5O/c1-7(6-14-2)8(5-9)11-3-4-12-13-10/h7-8,11H,3-4,6H2,1-2H3. The Bertz CT molecular complexity index is 230. The highest BCUT2D eigenvalue weighted by atomic mass is 16.5. The summed E-state index contributed by atoms with van der Waals surface area (Å²) in [6, 6.07) is 1.88. The van der Waals surface area contributed by atoms with E-state index in [-0.39, 0.29) is 12.0 Å². The zero-order valence-electron chi connectivity index (χ0n) is 8.47. The van der Waals surface area contributed by atoms with Crippen molar-refractivity contribution >= 4 is 0 Å². The second-order valence-electron chi connectivity index (χ2n) is 2.95. The predicted molar refractivity (Wildman–Crippen MR) is 52.5 cm³/mol. The second-order valence-corrected chi connectivity index (χ2v) is 2.95. The number of nitrogens with one attached hydrogen (secondary N) is 1. The highest BCUT2D eigenvalue weighted by molar-refractivity contribution is 4.93. The molecule has 0 aromatic heterocycles. The first kappa shape index (κ1) is 12.7. The van der Waals surface area contributed by atoms with E-state index in [1.807, 2.05) is 6.92 Å². The summed E-state index contributed by atoms with van der Waals surface area (Å²) in [7, 11) is 1.60. The normalized spacial score (nSPS) is 13.8. The van der Waals surface area contributed by atoms with Crippen molar-refractivity contribution in [3.05, 3.63) is 10.4 Å². The Labute approximate surface area is 83.5 Å². The van der Waals surface area contributed by atoms with Gasteiger partial charge in [-0.3, -0.25) is 0 Å². The maximum atomic E-state index is 8.81. The average Bonchev–Trinajstić information content (AvgIpc) is 2.18. The van der Waals surface area contributed by atoms with Crippen molar-refractivity contribution < 1.29 is 4.74 Å². The number of ether oxygens (including phenoxy) is 1. The van der Waals surface area contributed by atoms with Crippen LogP contribution >= 0.6 is 0 Å². The molecule has 0 bridgehead atoms. The van der Waals surface area contributed by atoms with Crippen molar-refractivity contribution in [1.82, 2.24) is 5.32 Å². The van der Waals surface area contributed by atoms with Crippen molar-refractivity contribution in [3.63, 3.8) is 0 Å². The molecule has 0 saturated carbocycles. The highest BCUT2D eigenvalue weighted by Crippen LogP contribution is 2.01. The summed E-state index contributed by atoms with van der Waals surface area (Å²) in [6.45, 7) is 3.33. The Morgan fingerprint density at radius 3 is 2.93 bits per heavy atom. The lowest BCUT2D eigenvalue weighted by Crippen LogP contribution is -2.37. The topological polar surface area (TPSA) is 93.8 Å². The molecule has 6 nitrogen and oxygen atoms in total. The van der Waals surface area contributed by atoms with Crippen molar-refractivity contribution in [2.45, 2.75) is 13.0 Å². The number of rotatable bonds is 7. The zero-order valence-corrected chi connectivity index (χ0v) is 8.47. The first-order valence-electron chi connectivity index (χ1n) is 4.39. The first-order chi connectivity index (χ1) is 6.76. The monoisotopic (exact) mass is 197 g/mol. The van der Waals surface area contributed by atoms with E-state index >= 15 is 0 Å². The van der Waals surface area contributed by atoms with Gasteiger partial charge in [-0.25, -0.2) is 0 Å². The van der Waals surface area contributed by atoms with Gasteiger partial charge in [0.1, 0.15) is 6.04 Å². The van der Waals surface area contributed by atoms with Gasteiger partial charge < -0.3 is 10.1 Å². The van der Waals surface area contributed by atoms with E-state index in [0.29, 0.717) is 19.7 Å². The van der Waals surface area contributed by atoms with Crippen LogP contribution in [0.1, 0.15) is 6.92 Å². The zero-order chi connectivity index (χ0) is 10.8. The molecule has 0 aromatic carbocycles. The molecular weight excluding hydrogens is 182 g/mol. The van der Waals surface area contributed by atoms with Crippen LogP contribution in [0.15, 0.2) is 5.11 Å². The maximum Gasteiger partial charge on any atom is 0.100 e. The van der Waals surface area contributed by atoms with Crippen LogP contribution in [0.25, 0.3) is 10.4 Å². The van der Waals surface area contributed by atoms with Gasteiger partial charge in [0.15, 0.2) is 0 Å². The lowest BCUT2D eigenvalue weighted by molar-refractivity contribution is 0.149. The van der Waals surface area contributed by atoms with Gasteiger partial charge in [-0.15, -0.1) is 0 Å². The smallest absolute Gasteiger partial charge is 0.100 e. The molecule has 0 radical (unpaired) electrons. The highest BCUT2D eigenvalue weighted by Gasteiger charge is 2.14. The number of hydrogen-bond donors (Lipinski definition) is 1. The summed E-state index contributed by atoms with van der Waals surface area (Å²) in [5.41, 5.74) is 8.03. The Balaban J connectivity index is 3.79. The van der Waals surface area contributed by atoms with Gasteiger partial charge in [-0.2, -0.15) is 5.26 Å². The van der Waals surface area contributed by atoms with Gasteiger partial charge in [-0.05, 0) is 5.53 Å². The van der Waals surface area contributed by atoms with Crippen molar-refractivity contribution in [1.29, 1.82) is 5.26 Å². The van der Waals surface area contributed by atoms with Crippen molar-refractivity contribution in [3.8, 4) is 6.07 Å². The lowest BCUT2D eigenvalue weighted by atomic mass is 10.0. The molecule has 2 unspecified atom stereocenters. The molecule has 0 rings (SSSR count). The van der Waals surface area contributed by atoms with Crippen LogP contribution in [-0.4, -0.2) is 32.8 Å². The number of nitrogens with zero attached hydrogens (tertiary/aromatic N) is 4. The van der Waals surface area contributed by atoms with Gasteiger partial charge >= 0.3 is 0 Å². The molecule has 2 atom stereocenters. The molecule has 1 N–H and O–H groups in total. The minimum absolute atomic E-state index is 0.121. The van der Waals surface area contributed by atoms with Crippen LogP contribution in [0.2, 0.25) is 0 Å². The molecule has 0 fully saturated rings. The molecule has 0 saturated heterocycles. The van der Waals surface area contributed by atoms with Crippen LogP contribution in [0.4, 0.5) is 0 Å². The largest absolute Gasteiger partial charge is 0.384 e. The van der Waals surface area contributed by atoms with Crippen LogP contribution in [0, 0.1) is 17.2 Å². The van der Waals surface area contributed by atoms with Gasteiger partial charge in [0.05, 0.1) is 12.7 Å². The maximum absolute atomic E-state index is 8.81. The van der Waals surface area contributed by atoms with E-state index in [1.54, 1.807) is 7.11 Å². The van der Waals surface area contributed by atoms with E-state index < -0.39 is 0 Å². The Hall–Kier alpha value is -1.28. The lowest BCUT2D eigenvalue weighted by Gasteiger charge is -2.17. The van der Waals surface area contributed by atoms with Gasteiger partial charge in [0.25, 0.3) is 0 Å². The molecule has 0 amide bonds. The molecule has 0 aromatic rings. The molecule has 14 heavy (non-hydrogen) atoms. The van der Waals surface area contributed by atoms with E-state index in [0.717, 1.165) is 0 Å². The summed E-state index contributed by atoms with van der Waals surface area (Å²) in [5.74, 6) is 0.121. The number of hydrogen-bond acceptors (Lipinski definition) is 4. The molecule has 0 aliphatic rings. The van der Waals surface area contributed by atoms with Crippen LogP contribution in [-0.2, 0) is 4.74 Å². The Kier molecular flexibility index (Phi) is 7.56. The molecule has 0 aliphatic carbocycles. The summed E-state index contributed by atoms with van der Waals surface area (Å²) in [4.78, 5) is 2.62. The average molecular weight is 197 g/mol. The minimum Gasteiger partial charge on any atom is -0.384 e. The molecule has 0 spiro atoms. The van der Waals surface area contributed by atoms with E-state index in [2.05, 4.69) is 21.4 Å². The van der Waals surface area contributed by atoms with Gasteiger partial charge in [0, 0.05) is 31.0 Å². The summed E-state index contributed by atoms with van der Waals surface area (Å²) >= 11 is 0. The minimum atomic E-state index is -0.260. The summed E-state index contributed by atoms with van der Waals surface area (Å²) in [6.07, 6.45) is 0. The fraction of sp³-hybridized carbons (Fsp3) is 0.875. The van der Waals surface area contributed by atoms with Crippen LogP contribution in [0.5, 0.6) is 0 Å². The third kappa shape index (κ3) is 5.38.